The highest BCUT2D eigenvalue weighted by molar-refractivity contribution is 7.45. The maximum atomic E-state index is 9.92. The molecule has 1 fully saturated rings. The molecule has 5 atom stereocenters. The van der Waals surface area contributed by atoms with Crippen molar-refractivity contribution in [2.45, 2.75) is 37.3 Å². The van der Waals surface area contributed by atoms with Crippen molar-refractivity contribution in [1.29, 1.82) is 0 Å². The molecule has 0 spiro atoms. The summed E-state index contributed by atoms with van der Waals surface area (Å²) in [6.45, 7) is 0. The molecule has 3 rings (SSSR count). The average Bonchev–Trinajstić information content (AvgIpc) is 3.16. The van der Waals surface area contributed by atoms with Crippen molar-refractivity contribution in [3.05, 3.63) is 11.5 Å². The molecule has 1 saturated heterocycles. The van der Waals surface area contributed by atoms with Crippen LogP contribution >= 0.6 is 15.6 Å². The Balaban J connectivity index is 0. The first-order valence-electron chi connectivity index (χ1n) is 8.17. The minimum Gasteiger partial charge on any atom is -0.390 e. The standard InChI is InChI=1S/C11H19N7O3.2H3N.2H3O4P/c1-14-10-7-11(18(13)4-16-10)17(3-15-7)6-2-5(19)8(21-6)9(12)20;;;2*1-5(2,3)4/h3-6,8-9,11,14,19-20H,2,12-13H2,1H3;2*1H3;2*(H3,1,2,3,4)/t5-,6+,8-,9?,11?;;;;/m0..../s1. The maximum absolute atomic E-state index is 9.92. The minimum absolute atomic E-state index is 0. The van der Waals surface area contributed by atoms with E-state index >= 15 is 0 Å². The molecule has 0 aromatic rings. The van der Waals surface area contributed by atoms with Crippen molar-refractivity contribution in [2.24, 2.45) is 21.6 Å². The molecule has 0 radical (unpaired) electrons. The first-order chi connectivity index (χ1) is 14.0. The first kappa shape index (κ1) is 33.6. The topological polar surface area (TPSA) is 370 Å². The lowest BCUT2D eigenvalue weighted by Crippen LogP contribution is -2.54. The highest BCUT2D eigenvalue weighted by Crippen LogP contribution is 2.32. The fraction of sp³-hybridized carbons (Fsp3) is 0.636. The predicted molar refractivity (Wildman–Crippen MR) is 113 cm³/mol. The molecule has 3 aliphatic heterocycles. The molecule has 0 aromatic heterocycles. The van der Waals surface area contributed by atoms with Gasteiger partial charge in [0.05, 0.1) is 12.4 Å². The van der Waals surface area contributed by atoms with Crippen molar-refractivity contribution >= 4 is 28.3 Å². The second kappa shape index (κ2) is 13.3. The zero-order chi connectivity index (χ0) is 24.1. The van der Waals surface area contributed by atoms with Gasteiger partial charge >= 0.3 is 15.6 Å². The number of aliphatic hydroxyl groups is 2. The molecule has 22 heteroatoms. The van der Waals surface area contributed by atoms with Gasteiger partial charge < -0.3 is 72.6 Å². The predicted octanol–water partition coefficient (Wildman–Crippen LogP) is -4.52. The van der Waals surface area contributed by atoms with Crippen LogP contribution in [0.25, 0.3) is 0 Å². The summed E-state index contributed by atoms with van der Waals surface area (Å²) >= 11 is 0. The lowest BCUT2D eigenvalue weighted by atomic mass is 10.1. The van der Waals surface area contributed by atoms with E-state index in [0.29, 0.717) is 17.9 Å². The number of nitrogens with zero attached hydrogens (tertiary/aromatic N) is 4. The minimum atomic E-state index is -4.64. The van der Waals surface area contributed by atoms with Crippen LogP contribution in [-0.2, 0) is 13.9 Å². The number of nitrogens with two attached hydrogens (primary N) is 2. The average molecular weight is 527 g/mol. The van der Waals surface area contributed by atoms with Crippen LogP contribution in [0.5, 0.6) is 0 Å². The highest BCUT2D eigenvalue weighted by atomic mass is 31.2. The molecule has 0 aromatic carbocycles. The number of nitrogens with one attached hydrogen (secondary N) is 1. The summed E-state index contributed by atoms with van der Waals surface area (Å²) in [5.41, 5.74) is 6.06. The van der Waals surface area contributed by atoms with Gasteiger partial charge in [-0.1, -0.05) is 0 Å². The summed E-state index contributed by atoms with van der Waals surface area (Å²) in [6.07, 6.45) is -0.395. The molecule has 0 amide bonds. The Kier molecular flexibility index (Phi) is 13.6. The molecule has 0 saturated carbocycles. The number of hydrogen-bond donors (Lipinski definition) is 13. The molecule has 19 N–H and O–H groups in total. The highest BCUT2D eigenvalue weighted by Gasteiger charge is 2.45. The van der Waals surface area contributed by atoms with E-state index in [1.165, 1.54) is 11.3 Å². The number of phosphoric acid groups is 2. The lowest BCUT2D eigenvalue weighted by molar-refractivity contribution is -0.0977. The van der Waals surface area contributed by atoms with Crippen LogP contribution in [0.2, 0.25) is 0 Å². The third-order valence-electron chi connectivity index (χ3n) is 3.74. The van der Waals surface area contributed by atoms with Crippen molar-refractivity contribution in [2.75, 3.05) is 7.05 Å². The van der Waals surface area contributed by atoms with Crippen LogP contribution in [0, 0.1) is 0 Å². The maximum Gasteiger partial charge on any atom is 0.466 e. The van der Waals surface area contributed by atoms with Crippen LogP contribution in [0.15, 0.2) is 21.5 Å². The van der Waals surface area contributed by atoms with Gasteiger partial charge in [-0.25, -0.2) is 25.0 Å². The monoisotopic (exact) mass is 527 g/mol. The van der Waals surface area contributed by atoms with Crippen molar-refractivity contribution < 1.29 is 53.4 Å². The van der Waals surface area contributed by atoms with E-state index in [9.17, 15) is 10.2 Å². The zero-order valence-corrected chi connectivity index (χ0v) is 19.1. The van der Waals surface area contributed by atoms with Crippen LogP contribution in [0.4, 0.5) is 0 Å². The summed E-state index contributed by atoms with van der Waals surface area (Å²) in [4.78, 5) is 53.3. The van der Waals surface area contributed by atoms with Gasteiger partial charge in [0.1, 0.15) is 30.6 Å². The third kappa shape index (κ3) is 11.4. The first-order valence-corrected chi connectivity index (χ1v) is 11.3. The van der Waals surface area contributed by atoms with Crippen LogP contribution in [-0.4, -0.2) is 100 Å². The Morgan fingerprint density at radius 2 is 1.61 bits per heavy atom. The second-order valence-corrected chi connectivity index (χ2v) is 8.17. The van der Waals surface area contributed by atoms with E-state index in [1.807, 2.05) is 0 Å². The zero-order valence-electron chi connectivity index (χ0n) is 17.3. The van der Waals surface area contributed by atoms with Gasteiger partial charge in [-0.2, -0.15) is 0 Å². The Morgan fingerprint density at radius 3 is 2.00 bits per heavy atom. The number of rotatable bonds is 3. The molecule has 0 aliphatic carbocycles. The van der Waals surface area contributed by atoms with Gasteiger partial charge in [-0.3, -0.25) is 5.01 Å². The molecular weight excluding hydrogens is 496 g/mol. The molecule has 2 unspecified atom stereocenters. The molecule has 3 heterocycles. The summed E-state index contributed by atoms with van der Waals surface area (Å²) < 4.78 is 23.4. The van der Waals surface area contributed by atoms with E-state index in [-0.39, 0.29) is 18.5 Å². The number of aliphatic hydroxyl groups excluding tert-OH is 2. The van der Waals surface area contributed by atoms with E-state index in [0.717, 1.165) is 0 Å². The lowest BCUT2D eigenvalue weighted by Gasteiger charge is -2.36. The quantitative estimate of drug-likeness (QED) is 0.0933. The summed E-state index contributed by atoms with van der Waals surface area (Å²) in [5, 5.41) is 23.7. The van der Waals surface area contributed by atoms with Gasteiger partial charge in [-0.15, -0.1) is 0 Å². The summed E-state index contributed by atoms with van der Waals surface area (Å²) in [6, 6.07) is 0. The third-order valence-corrected chi connectivity index (χ3v) is 3.74. The second-order valence-electron chi connectivity index (χ2n) is 6.12. The van der Waals surface area contributed by atoms with Crippen molar-refractivity contribution in [3.63, 3.8) is 0 Å². The van der Waals surface area contributed by atoms with E-state index < -0.39 is 40.3 Å². The summed E-state index contributed by atoms with van der Waals surface area (Å²) in [5.74, 6) is 6.55. The van der Waals surface area contributed by atoms with Crippen LogP contribution in [0.1, 0.15) is 6.42 Å². The largest absolute Gasteiger partial charge is 0.466 e. The normalized spacial score (nSPS) is 26.8. The van der Waals surface area contributed by atoms with Gasteiger partial charge in [0, 0.05) is 13.5 Å². The van der Waals surface area contributed by atoms with Crippen molar-refractivity contribution in [3.8, 4) is 0 Å². The van der Waals surface area contributed by atoms with Crippen LogP contribution in [0.3, 0.4) is 0 Å². The molecule has 33 heavy (non-hydrogen) atoms. The number of ether oxygens (including phenoxy) is 1. The number of hydrazine groups is 1. The van der Waals surface area contributed by atoms with E-state index in [1.54, 1.807) is 18.3 Å². The van der Waals surface area contributed by atoms with Gasteiger partial charge in [0.25, 0.3) is 0 Å². The Labute approximate surface area is 187 Å². The molecule has 196 valence electrons. The molecule has 20 nitrogen and oxygen atoms in total. The number of fused-ring (bicyclic) bond motifs is 1. The number of aliphatic imine (C=N–C) groups is 2. The fourth-order valence-corrected chi connectivity index (χ4v) is 2.73. The van der Waals surface area contributed by atoms with E-state index in [4.69, 9.17) is 54.8 Å². The smallest absolute Gasteiger partial charge is 0.390 e. The number of hydrogen-bond acceptors (Lipinski definition) is 14. The van der Waals surface area contributed by atoms with Crippen LogP contribution < -0.4 is 29.2 Å². The molecular formula is C11H31N9O11P2. The Morgan fingerprint density at radius 1 is 1.12 bits per heavy atom. The Hall–Kier alpha value is -1.58. The van der Waals surface area contributed by atoms with Gasteiger partial charge in [-0.05, 0) is 0 Å². The molecule has 0 bridgehead atoms. The van der Waals surface area contributed by atoms with E-state index in [2.05, 4.69) is 15.3 Å². The summed E-state index contributed by atoms with van der Waals surface area (Å²) in [7, 11) is -7.53. The SMILES string of the molecule is CNC1=C2N=CN([C@H]3C[C@H](O)[C@@H](C(N)O)O3)C2N(N)C=N1.N.N.O=P(O)(O)O.O=P(O)(O)O. The Bertz CT molecular complexity index is 764. The van der Waals surface area contributed by atoms with Gasteiger partial charge in [0.2, 0.25) is 0 Å². The molecule has 3 aliphatic rings. The van der Waals surface area contributed by atoms with Gasteiger partial charge in [0.15, 0.2) is 12.0 Å². The van der Waals surface area contributed by atoms with Crippen molar-refractivity contribution in [1.82, 2.24) is 27.5 Å². The fourth-order valence-electron chi connectivity index (χ4n) is 2.73.